The molecule has 11 N–H and O–H groups in total. The number of amidine groups is 3. The van der Waals surface area contributed by atoms with Crippen molar-refractivity contribution in [2.45, 2.75) is 41.0 Å². The van der Waals surface area contributed by atoms with Gasteiger partial charge < -0.3 is 44.0 Å². The van der Waals surface area contributed by atoms with Crippen molar-refractivity contribution in [3.63, 3.8) is 0 Å². The van der Waals surface area contributed by atoms with Gasteiger partial charge >= 0.3 is 0 Å². The van der Waals surface area contributed by atoms with Crippen molar-refractivity contribution >= 4 is 63.4 Å². The quantitative estimate of drug-likeness (QED) is 0.169. The van der Waals surface area contributed by atoms with Crippen molar-refractivity contribution in [2.75, 3.05) is 66.9 Å². The molecule has 0 saturated carbocycles. The zero-order chi connectivity index (χ0) is 30.8. The zero-order valence-electron chi connectivity index (χ0n) is 25.4. The fraction of sp³-hybridized carbons (Fsp3) is 0.696. The lowest BCUT2D eigenvalue weighted by atomic mass is 10.3. The Balaban J connectivity index is -0.000000113. The number of nitrogens with one attached hydrogen (secondary N) is 5. The van der Waals surface area contributed by atoms with Crippen LogP contribution in [0.15, 0.2) is 25.0 Å². The van der Waals surface area contributed by atoms with Gasteiger partial charge in [-0.25, -0.2) is 0 Å². The summed E-state index contributed by atoms with van der Waals surface area (Å²) >= 11 is 3.23. The topological polar surface area (TPSA) is 224 Å². The fourth-order valence-electron chi connectivity index (χ4n) is 1.17. The minimum atomic E-state index is 0.630. The fourth-order valence-corrected chi connectivity index (χ4v) is 2.09. The average molecular weight is 578 g/mol. The van der Waals surface area contributed by atoms with Gasteiger partial charge in [0.15, 0.2) is 16.3 Å². The summed E-state index contributed by atoms with van der Waals surface area (Å²) in [4.78, 5) is 18.5. The van der Waals surface area contributed by atoms with Gasteiger partial charge in [-0.3, -0.25) is 25.0 Å². The summed E-state index contributed by atoms with van der Waals surface area (Å²) in [6.45, 7) is 12.1. The molecule has 38 heavy (non-hydrogen) atoms. The number of aliphatic imine (C=N–C) groups is 5. The number of nitrogens with zero attached hydrogens (tertiary/aromatic N) is 5. The third-order valence-corrected chi connectivity index (χ3v) is 4.82. The van der Waals surface area contributed by atoms with Crippen LogP contribution in [0.2, 0.25) is 0 Å². The minimum Gasteiger partial charge on any atom is -0.390 e. The molecule has 224 valence electrons. The standard InChI is InChI=1S/C4H9N3.C4H8N2S.C4H9N.C3H8N2S.C3H8N2.C3H7N.C2H6N2/c2*1-5-4-6-2-3-7-4;1-3-4(2)5;1-5-3(4)6-2;1-3(4)5-2;1-3(2)4;1-4-2-3/h2-3H2,1H3,(H2,5,6,7);2-3H2,1H3,(H,5,6);5H,3H2,1-2H3;1-2H3,(H2,4,5);1-2H3,(H2,4,5);4H,1-2H3;2H,1H3,(H2,3,4). The van der Waals surface area contributed by atoms with Crippen LogP contribution in [0.5, 0.6) is 0 Å². The van der Waals surface area contributed by atoms with E-state index in [-0.39, 0.29) is 0 Å². The van der Waals surface area contributed by atoms with Gasteiger partial charge in [-0.1, -0.05) is 30.4 Å². The van der Waals surface area contributed by atoms with Gasteiger partial charge in [-0.05, 0) is 40.4 Å². The van der Waals surface area contributed by atoms with E-state index in [1.54, 1.807) is 74.7 Å². The second kappa shape index (κ2) is 38.7. The predicted molar refractivity (Wildman–Crippen MR) is 179 cm³/mol. The molecule has 0 aliphatic carbocycles. The lowest BCUT2D eigenvalue weighted by Gasteiger charge is -1.90. The molecule has 15 heteroatoms. The molecule has 0 radical (unpaired) electrons. The highest BCUT2D eigenvalue weighted by Crippen LogP contribution is 2.05. The Morgan fingerprint density at radius 1 is 0.921 bits per heavy atom. The summed E-state index contributed by atoms with van der Waals surface area (Å²) in [5, 5.41) is 24.2. The highest BCUT2D eigenvalue weighted by Gasteiger charge is 2.03. The van der Waals surface area contributed by atoms with E-state index in [2.05, 4.69) is 40.9 Å². The summed E-state index contributed by atoms with van der Waals surface area (Å²) in [6, 6.07) is 0. The lowest BCUT2D eigenvalue weighted by Crippen LogP contribution is -2.23. The first kappa shape index (κ1) is 45.1. The van der Waals surface area contributed by atoms with Crippen LogP contribution in [-0.2, 0) is 0 Å². The SMILES string of the molecule is CC(C)=N.CCC(C)=N.CN=C(C)N.CN=C(N)SC.CN=C1NCCN1.CN=C1NCCS1.CN=CN. The molecule has 0 aromatic rings. The summed E-state index contributed by atoms with van der Waals surface area (Å²) in [5.41, 5.74) is 16.4. The molecule has 2 aliphatic rings. The highest BCUT2D eigenvalue weighted by molar-refractivity contribution is 8.14. The first-order valence-corrected chi connectivity index (χ1v) is 14.0. The monoisotopic (exact) mass is 577 g/mol. The van der Waals surface area contributed by atoms with Crippen molar-refractivity contribution in [1.29, 1.82) is 10.8 Å². The number of thioether (sulfide) groups is 2. The Hall–Kier alpha value is -2.81. The second-order valence-electron chi connectivity index (χ2n) is 6.90. The van der Waals surface area contributed by atoms with Crippen molar-refractivity contribution in [1.82, 2.24) is 16.0 Å². The van der Waals surface area contributed by atoms with E-state index in [9.17, 15) is 0 Å². The smallest absolute Gasteiger partial charge is 0.191 e. The van der Waals surface area contributed by atoms with Crippen LogP contribution >= 0.6 is 23.5 Å². The van der Waals surface area contributed by atoms with E-state index >= 15 is 0 Å². The van der Waals surface area contributed by atoms with E-state index in [1.165, 1.54) is 23.9 Å². The molecular weight excluding hydrogens is 522 g/mol. The second-order valence-corrected chi connectivity index (χ2v) is 8.81. The Morgan fingerprint density at radius 2 is 1.34 bits per heavy atom. The molecule has 0 bridgehead atoms. The van der Waals surface area contributed by atoms with E-state index < -0.39 is 0 Å². The maximum atomic E-state index is 6.74. The Labute approximate surface area is 240 Å². The van der Waals surface area contributed by atoms with Crippen molar-refractivity contribution in [3.05, 3.63) is 0 Å². The van der Waals surface area contributed by atoms with Crippen LogP contribution in [0.1, 0.15) is 41.0 Å². The minimum absolute atomic E-state index is 0.630. The summed E-state index contributed by atoms with van der Waals surface area (Å²) in [6.07, 6.45) is 4.03. The molecule has 2 saturated heterocycles. The molecule has 0 spiro atoms. The van der Waals surface area contributed by atoms with Gasteiger partial charge in [0.05, 0.1) is 12.2 Å². The zero-order valence-corrected chi connectivity index (χ0v) is 27.0. The van der Waals surface area contributed by atoms with Crippen LogP contribution in [0, 0.1) is 10.8 Å². The number of guanidine groups is 1. The van der Waals surface area contributed by atoms with E-state index in [1.807, 2.05) is 13.2 Å². The van der Waals surface area contributed by atoms with Gasteiger partial charge in [0.25, 0.3) is 0 Å². The molecule has 13 nitrogen and oxygen atoms in total. The van der Waals surface area contributed by atoms with Gasteiger partial charge in [0, 0.05) is 72.0 Å². The molecule has 2 rings (SSSR count). The van der Waals surface area contributed by atoms with Crippen LogP contribution in [-0.4, -0.2) is 107 Å². The summed E-state index contributed by atoms with van der Waals surface area (Å²) in [7, 11) is 8.53. The molecule has 0 aromatic carbocycles. The van der Waals surface area contributed by atoms with E-state index in [0.717, 1.165) is 42.9 Å². The summed E-state index contributed by atoms with van der Waals surface area (Å²) in [5.74, 6) is 2.72. The first-order valence-electron chi connectivity index (χ1n) is 11.8. The van der Waals surface area contributed by atoms with E-state index in [0.29, 0.717) is 16.7 Å². The molecule has 0 unspecified atom stereocenters. The summed E-state index contributed by atoms with van der Waals surface area (Å²) < 4.78 is 0. The normalized spacial score (nSPS) is 14.2. The van der Waals surface area contributed by atoms with Crippen LogP contribution in [0.4, 0.5) is 0 Å². The lowest BCUT2D eigenvalue weighted by molar-refractivity contribution is 0.942. The molecular formula is C23H55N13S2. The number of hydrogen-bond donors (Lipinski definition) is 8. The van der Waals surface area contributed by atoms with Crippen molar-refractivity contribution in [3.8, 4) is 0 Å². The number of nitrogens with two attached hydrogens (primary N) is 3. The molecule has 0 aromatic heterocycles. The highest BCUT2D eigenvalue weighted by atomic mass is 32.2. The maximum Gasteiger partial charge on any atom is 0.191 e. The van der Waals surface area contributed by atoms with Crippen LogP contribution < -0.4 is 33.2 Å². The average Bonchev–Trinajstić information content (AvgIpc) is 3.64. The van der Waals surface area contributed by atoms with Crippen LogP contribution in [0.3, 0.4) is 0 Å². The van der Waals surface area contributed by atoms with Gasteiger partial charge in [0.2, 0.25) is 0 Å². The van der Waals surface area contributed by atoms with E-state index in [4.69, 9.17) is 28.0 Å². The third kappa shape index (κ3) is 58.8. The Morgan fingerprint density at radius 3 is 1.45 bits per heavy atom. The van der Waals surface area contributed by atoms with Crippen molar-refractivity contribution in [2.24, 2.45) is 42.2 Å². The Kier molecular flexibility index (Phi) is 46.0. The molecule has 0 amide bonds. The molecule has 0 atom stereocenters. The van der Waals surface area contributed by atoms with Gasteiger partial charge in [-0.2, -0.15) is 0 Å². The first-order chi connectivity index (χ1) is 17.9. The predicted octanol–water partition coefficient (Wildman–Crippen LogP) is 1.85. The van der Waals surface area contributed by atoms with Crippen LogP contribution in [0.25, 0.3) is 0 Å². The largest absolute Gasteiger partial charge is 0.390 e. The third-order valence-electron chi connectivity index (χ3n) is 3.22. The Bertz CT molecular complexity index is 651. The molecule has 2 aliphatic heterocycles. The van der Waals surface area contributed by atoms with Crippen molar-refractivity contribution < 1.29 is 0 Å². The maximum absolute atomic E-state index is 6.74. The molecule has 2 heterocycles. The molecule has 2 fully saturated rings. The van der Waals surface area contributed by atoms with Gasteiger partial charge in [0.1, 0.15) is 0 Å². The number of rotatable bonds is 1. The van der Waals surface area contributed by atoms with Gasteiger partial charge in [-0.15, -0.1) is 0 Å². The number of hydrogen-bond acceptors (Lipinski definition) is 9.